The molecular formula is C29H35BrN2O2S2. The van der Waals surface area contributed by atoms with E-state index in [9.17, 15) is 4.79 Å². The highest BCUT2D eigenvalue weighted by molar-refractivity contribution is 9.09. The molecule has 0 saturated carbocycles. The number of carbonyl (C=O) groups excluding carboxylic acids is 1. The molecule has 1 amide bonds. The van der Waals surface area contributed by atoms with Crippen LogP contribution in [0.1, 0.15) is 33.7 Å². The van der Waals surface area contributed by atoms with Crippen molar-refractivity contribution < 1.29 is 9.53 Å². The molecule has 4 aromatic rings. The Kier molecular flexibility index (Phi) is 16.3. The largest absolute Gasteiger partial charge is 0.450 e. The maximum absolute atomic E-state index is 11.4. The monoisotopic (exact) mass is 586 g/mol. The van der Waals surface area contributed by atoms with Gasteiger partial charge in [0.25, 0.3) is 0 Å². The minimum atomic E-state index is -0.346. The summed E-state index contributed by atoms with van der Waals surface area (Å²) < 4.78 is 5.12. The molecule has 0 radical (unpaired) electrons. The normalized spacial score (nSPS) is 9.83. The summed E-state index contributed by atoms with van der Waals surface area (Å²) in [6, 6.07) is 28.8. The fourth-order valence-electron chi connectivity index (χ4n) is 3.05. The van der Waals surface area contributed by atoms with Crippen molar-refractivity contribution in [1.29, 1.82) is 0 Å². The first-order chi connectivity index (χ1) is 17.7. The molecule has 4 rings (SSSR count). The third-order valence-electron chi connectivity index (χ3n) is 4.90. The van der Waals surface area contributed by atoms with Gasteiger partial charge >= 0.3 is 6.09 Å². The molecule has 0 aliphatic heterocycles. The predicted octanol–water partition coefficient (Wildman–Crippen LogP) is 7.83. The summed E-state index contributed by atoms with van der Waals surface area (Å²) in [5.41, 5.74) is 8.01. The van der Waals surface area contributed by atoms with Crippen LogP contribution in [0, 0.1) is 0 Å². The van der Waals surface area contributed by atoms with Crippen molar-refractivity contribution in [2.24, 2.45) is 5.73 Å². The van der Waals surface area contributed by atoms with Gasteiger partial charge < -0.3 is 15.8 Å². The van der Waals surface area contributed by atoms with E-state index >= 15 is 0 Å². The third kappa shape index (κ3) is 14.2. The number of benzene rings is 2. The van der Waals surface area contributed by atoms with Gasteiger partial charge in [0.05, 0.1) is 13.2 Å². The smallest absolute Gasteiger partial charge is 0.407 e. The molecule has 7 heteroatoms. The number of alkyl carbamates (subject to hydrolysis) is 1. The lowest BCUT2D eigenvalue weighted by Gasteiger charge is -2.06. The Labute approximate surface area is 231 Å². The molecule has 0 atom stereocenters. The summed E-state index contributed by atoms with van der Waals surface area (Å²) in [7, 11) is 0. The van der Waals surface area contributed by atoms with Gasteiger partial charge in [-0.3, -0.25) is 0 Å². The number of aryl methyl sites for hydroxylation is 2. The molecule has 0 spiro atoms. The Hall–Kier alpha value is -2.45. The first-order valence-electron chi connectivity index (χ1n) is 12.0. The standard InChI is InChI=1S/C15H17NO2S.C9H11Br.C5H7NS/c17-15(16-12-14-9-5-11-19-14)18-10-4-8-13-6-2-1-3-7-13;10-8-4-7-9-5-2-1-3-6-9;6-4-5-2-1-3-7-5/h1-3,5-7,9,11H,4,8,10,12H2,(H,16,17);1-3,5-6H,4,7-8H2;1-3H,4,6H2. The van der Waals surface area contributed by atoms with Gasteiger partial charge in [0.1, 0.15) is 0 Å². The Morgan fingerprint density at radius 3 is 1.81 bits per heavy atom. The molecule has 0 aliphatic rings. The van der Waals surface area contributed by atoms with Gasteiger partial charge in [-0.05, 0) is 59.7 Å². The zero-order chi connectivity index (χ0) is 25.7. The topological polar surface area (TPSA) is 64.4 Å². The molecule has 2 aromatic heterocycles. The van der Waals surface area contributed by atoms with Crippen LogP contribution in [0.15, 0.2) is 95.7 Å². The first kappa shape index (κ1) is 29.8. The minimum absolute atomic E-state index is 0.346. The molecule has 3 N–H and O–H groups in total. The van der Waals surface area contributed by atoms with Crippen LogP contribution in [0.3, 0.4) is 0 Å². The quantitative estimate of drug-likeness (QED) is 0.147. The molecule has 0 bridgehead atoms. The molecule has 2 aromatic carbocycles. The molecule has 0 unspecified atom stereocenters. The number of ether oxygens (including phenoxy) is 1. The number of nitrogens with one attached hydrogen (secondary N) is 1. The van der Waals surface area contributed by atoms with E-state index in [0.29, 0.717) is 19.7 Å². The van der Waals surface area contributed by atoms with Crippen LogP contribution in [-0.2, 0) is 30.7 Å². The lowest BCUT2D eigenvalue weighted by Crippen LogP contribution is -2.23. The van der Waals surface area contributed by atoms with Gasteiger partial charge in [-0.1, -0.05) is 88.7 Å². The summed E-state index contributed by atoms with van der Waals surface area (Å²) in [5, 5.41) is 7.85. The van der Waals surface area contributed by atoms with Gasteiger partial charge in [-0.25, -0.2) is 4.79 Å². The molecule has 0 fully saturated rings. The van der Waals surface area contributed by atoms with Crippen molar-refractivity contribution in [3.05, 3.63) is 117 Å². The van der Waals surface area contributed by atoms with Crippen LogP contribution in [-0.4, -0.2) is 18.0 Å². The first-order valence-corrected chi connectivity index (χ1v) is 14.9. The Morgan fingerprint density at radius 1 is 0.778 bits per heavy atom. The SMILES string of the molecule is BrCCCc1ccccc1.NCc1cccs1.O=C(NCc1cccs1)OCCCc1ccccc1. The number of halogens is 1. The lowest BCUT2D eigenvalue weighted by atomic mass is 10.1. The van der Waals surface area contributed by atoms with Gasteiger partial charge in [0.2, 0.25) is 0 Å². The number of thiophene rings is 2. The minimum Gasteiger partial charge on any atom is -0.450 e. The van der Waals surface area contributed by atoms with Crippen molar-refractivity contribution in [3.63, 3.8) is 0 Å². The highest BCUT2D eigenvalue weighted by atomic mass is 79.9. The van der Waals surface area contributed by atoms with E-state index in [1.807, 2.05) is 53.2 Å². The average Bonchev–Trinajstić information content (AvgIpc) is 3.65. The molecular weight excluding hydrogens is 552 g/mol. The van der Waals surface area contributed by atoms with Crippen LogP contribution >= 0.6 is 38.6 Å². The maximum atomic E-state index is 11.4. The van der Waals surface area contributed by atoms with E-state index in [1.165, 1.54) is 28.8 Å². The van der Waals surface area contributed by atoms with Crippen molar-refractivity contribution in [2.45, 2.75) is 38.8 Å². The number of amides is 1. The number of rotatable bonds is 10. The Balaban J connectivity index is 0.000000222. The third-order valence-corrected chi connectivity index (χ3v) is 7.23. The molecule has 0 aliphatic carbocycles. The second-order valence-electron chi connectivity index (χ2n) is 7.72. The number of hydrogen-bond donors (Lipinski definition) is 2. The van der Waals surface area contributed by atoms with E-state index in [-0.39, 0.29) is 6.09 Å². The van der Waals surface area contributed by atoms with E-state index in [4.69, 9.17) is 10.5 Å². The Morgan fingerprint density at radius 2 is 1.33 bits per heavy atom. The fourth-order valence-corrected chi connectivity index (χ4v) is 4.56. The maximum Gasteiger partial charge on any atom is 0.407 e. The summed E-state index contributed by atoms with van der Waals surface area (Å²) in [5.74, 6) is 0. The van der Waals surface area contributed by atoms with E-state index in [1.54, 1.807) is 22.7 Å². The zero-order valence-corrected chi connectivity index (χ0v) is 23.7. The molecule has 36 heavy (non-hydrogen) atoms. The number of alkyl halides is 1. The lowest BCUT2D eigenvalue weighted by molar-refractivity contribution is 0.144. The van der Waals surface area contributed by atoms with Gasteiger partial charge in [-0.2, -0.15) is 0 Å². The molecule has 2 heterocycles. The van der Waals surface area contributed by atoms with Crippen molar-refractivity contribution in [2.75, 3.05) is 11.9 Å². The van der Waals surface area contributed by atoms with Crippen molar-refractivity contribution in [1.82, 2.24) is 5.32 Å². The fraction of sp³-hybridized carbons (Fsp3) is 0.276. The molecule has 0 saturated heterocycles. The number of nitrogens with two attached hydrogens (primary N) is 1. The second-order valence-corrected chi connectivity index (χ2v) is 10.6. The Bertz CT molecular complexity index is 1030. The van der Waals surface area contributed by atoms with Crippen LogP contribution < -0.4 is 11.1 Å². The number of carbonyl (C=O) groups is 1. The highest BCUT2D eigenvalue weighted by Gasteiger charge is 2.02. The van der Waals surface area contributed by atoms with Crippen LogP contribution in [0.25, 0.3) is 0 Å². The van der Waals surface area contributed by atoms with E-state index < -0.39 is 0 Å². The highest BCUT2D eigenvalue weighted by Crippen LogP contribution is 2.08. The van der Waals surface area contributed by atoms with Crippen LogP contribution in [0.2, 0.25) is 0 Å². The summed E-state index contributed by atoms with van der Waals surface area (Å²) in [4.78, 5) is 13.8. The van der Waals surface area contributed by atoms with Crippen LogP contribution in [0.4, 0.5) is 4.79 Å². The van der Waals surface area contributed by atoms with Crippen molar-refractivity contribution in [3.8, 4) is 0 Å². The summed E-state index contributed by atoms with van der Waals surface area (Å²) >= 11 is 6.73. The second kappa shape index (κ2) is 19.7. The van der Waals surface area contributed by atoms with Gasteiger partial charge in [-0.15, -0.1) is 22.7 Å². The van der Waals surface area contributed by atoms with Gasteiger partial charge in [0.15, 0.2) is 0 Å². The van der Waals surface area contributed by atoms with E-state index in [0.717, 1.165) is 23.0 Å². The molecule has 4 nitrogen and oxygen atoms in total. The van der Waals surface area contributed by atoms with Crippen molar-refractivity contribution >= 4 is 44.7 Å². The van der Waals surface area contributed by atoms with Crippen LogP contribution in [0.5, 0.6) is 0 Å². The predicted molar refractivity (Wildman–Crippen MR) is 158 cm³/mol. The zero-order valence-electron chi connectivity index (χ0n) is 20.5. The number of hydrogen-bond acceptors (Lipinski definition) is 5. The average molecular weight is 588 g/mol. The van der Waals surface area contributed by atoms with Gasteiger partial charge in [0, 0.05) is 21.6 Å². The molecule has 192 valence electrons. The van der Waals surface area contributed by atoms with E-state index in [2.05, 4.69) is 63.7 Å². The summed E-state index contributed by atoms with van der Waals surface area (Å²) in [6.07, 6.45) is 3.84. The summed E-state index contributed by atoms with van der Waals surface area (Å²) in [6.45, 7) is 1.66.